The highest BCUT2D eigenvalue weighted by Crippen LogP contribution is 2.28. The van der Waals surface area contributed by atoms with Gasteiger partial charge in [-0.3, -0.25) is 9.20 Å². The fraction of sp³-hybridized carbons (Fsp3) is 0.320. The molecule has 0 bridgehead atoms. The number of fused-ring (bicyclic) bond motifs is 2. The quantitative estimate of drug-likeness (QED) is 0.498. The van der Waals surface area contributed by atoms with Crippen molar-refractivity contribution >= 4 is 17.0 Å². The van der Waals surface area contributed by atoms with E-state index in [-0.39, 0.29) is 5.56 Å². The highest BCUT2D eigenvalue weighted by molar-refractivity contribution is 5.66. The number of hydrogen-bond donors (Lipinski definition) is 0. The second-order valence-corrected chi connectivity index (χ2v) is 8.94. The molecule has 1 aliphatic rings. The van der Waals surface area contributed by atoms with Gasteiger partial charge in [-0.25, -0.2) is 9.97 Å². The van der Waals surface area contributed by atoms with Crippen LogP contribution in [0.1, 0.15) is 17.7 Å². The molecule has 0 aromatic carbocycles. The Morgan fingerprint density at radius 1 is 1.12 bits per heavy atom. The van der Waals surface area contributed by atoms with E-state index in [2.05, 4.69) is 27.4 Å². The van der Waals surface area contributed by atoms with Gasteiger partial charge in [0.05, 0.1) is 17.1 Å². The third kappa shape index (κ3) is 3.43. The standard InChI is InChI=1S/C25H28N6O/c1-16-10-20(14-30-12-17(2)26-25(16)30)22-11-24(32)31-15-21(6-7-23(31)27-22)29-9-8-19(13-29)18(3)28(4)5/h6-7,10-12,14-15,19H,3,8-9,13H2,1-2,4-5H3. The lowest BCUT2D eigenvalue weighted by Gasteiger charge is -2.23. The van der Waals surface area contributed by atoms with Crippen LogP contribution in [0.25, 0.3) is 22.6 Å². The molecule has 5 heterocycles. The van der Waals surface area contributed by atoms with E-state index in [1.165, 1.54) is 0 Å². The molecule has 4 aromatic heterocycles. The maximum Gasteiger partial charge on any atom is 0.258 e. The van der Waals surface area contributed by atoms with E-state index in [0.717, 1.165) is 53.4 Å². The van der Waals surface area contributed by atoms with Crippen molar-refractivity contribution < 1.29 is 0 Å². The van der Waals surface area contributed by atoms with Crippen molar-refractivity contribution in [3.05, 3.63) is 76.7 Å². The van der Waals surface area contributed by atoms with E-state index in [1.807, 2.05) is 63.1 Å². The molecule has 0 aliphatic carbocycles. The summed E-state index contributed by atoms with van der Waals surface area (Å²) in [4.78, 5) is 26.8. The molecular formula is C25H28N6O. The van der Waals surface area contributed by atoms with E-state index in [0.29, 0.717) is 17.3 Å². The van der Waals surface area contributed by atoms with Crippen molar-refractivity contribution in [2.24, 2.45) is 5.92 Å². The van der Waals surface area contributed by atoms with Gasteiger partial charge in [0.25, 0.3) is 5.56 Å². The fourth-order valence-corrected chi connectivity index (χ4v) is 4.59. The average Bonchev–Trinajstić information content (AvgIpc) is 3.39. The van der Waals surface area contributed by atoms with Crippen molar-refractivity contribution in [3.63, 3.8) is 0 Å². The van der Waals surface area contributed by atoms with E-state index in [9.17, 15) is 4.79 Å². The molecule has 0 N–H and O–H groups in total. The predicted molar refractivity (Wildman–Crippen MR) is 128 cm³/mol. The van der Waals surface area contributed by atoms with Gasteiger partial charge in [-0.05, 0) is 44.0 Å². The molecule has 0 radical (unpaired) electrons. The fourth-order valence-electron chi connectivity index (χ4n) is 4.59. The Bertz CT molecular complexity index is 1410. The first kappa shape index (κ1) is 20.3. The van der Waals surface area contributed by atoms with Gasteiger partial charge in [0, 0.05) is 69.0 Å². The molecule has 0 spiro atoms. The van der Waals surface area contributed by atoms with Crippen molar-refractivity contribution in [3.8, 4) is 11.3 Å². The van der Waals surface area contributed by atoms with Crippen LogP contribution in [0.2, 0.25) is 0 Å². The van der Waals surface area contributed by atoms with E-state index < -0.39 is 0 Å². The molecule has 5 rings (SSSR count). The maximum absolute atomic E-state index is 13.0. The minimum Gasteiger partial charge on any atom is -0.381 e. The summed E-state index contributed by atoms with van der Waals surface area (Å²) in [6.45, 7) is 10.1. The summed E-state index contributed by atoms with van der Waals surface area (Å²) in [5.41, 5.74) is 7.26. The minimum absolute atomic E-state index is 0.0835. The number of hydrogen-bond acceptors (Lipinski definition) is 5. The molecule has 1 saturated heterocycles. The van der Waals surface area contributed by atoms with Gasteiger partial charge in [-0.15, -0.1) is 0 Å². The lowest BCUT2D eigenvalue weighted by molar-refractivity contribution is 0.435. The lowest BCUT2D eigenvalue weighted by atomic mass is 10.1. The SMILES string of the molecule is C=C(C1CCN(c2ccc3nc(-c4cc(C)c5nc(C)cn5c4)cc(=O)n3c2)C1)N(C)C. The van der Waals surface area contributed by atoms with Crippen LogP contribution in [-0.4, -0.2) is 50.9 Å². The average molecular weight is 429 g/mol. The number of rotatable bonds is 4. The summed E-state index contributed by atoms with van der Waals surface area (Å²) >= 11 is 0. The van der Waals surface area contributed by atoms with E-state index in [4.69, 9.17) is 4.98 Å². The summed E-state index contributed by atoms with van der Waals surface area (Å²) in [6.07, 6.45) is 6.94. The van der Waals surface area contributed by atoms with Crippen molar-refractivity contribution in [1.82, 2.24) is 23.7 Å². The molecule has 1 unspecified atom stereocenters. The van der Waals surface area contributed by atoms with Gasteiger partial charge in [0.2, 0.25) is 0 Å². The predicted octanol–water partition coefficient (Wildman–Crippen LogP) is 3.53. The van der Waals surface area contributed by atoms with Gasteiger partial charge < -0.3 is 14.2 Å². The van der Waals surface area contributed by atoms with Crippen LogP contribution in [0.5, 0.6) is 0 Å². The van der Waals surface area contributed by atoms with Crippen molar-refractivity contribution in [2.45, 2.75) is 20.3 Å². The van der Waals surface area contributed by atoms with Gasteiger partial charge in [0.1, 0.15) is 11.3 Å². The molecule has 32 heavy (non-hydrogen) atoms. The Balaban J connectivity index is 1.49. The third-order valence-corrected chi connectivity index (χ3v) is 6.39. The van der Waals surface area contributed by atoms with Crippen molar-refractivity contribution in [2.75, 3.05) is 32.1 Å². The van der Waals surface area contributed by atoms with Gasteiger partial charge >= 0.3 is 0 Å². The zero-order valence-electron chi connectivity index (χ0n) is 19.0. The van der Waals surface area contributed by atoms with Crippen LogP contribution in [-0.2, 0) is 0 Å². The van der Waals surface area contributed by atoms with E-state index >= 15 is 0 Å². The molecule has 0 amide bonds. The van der Waals surface area contributed by atoms with Gasteiger partial charge in [0.15, 0.2) is 0 Å². The molecule has 7 heteroatoms. The Hall–Kier alpha value is -3.61. The number of pyridine rings is 2. The first-order chi connectivity index (χ1) is 15.3. The number of imidazole rings is 1. The smallest absolute Gasteiger partial charge is 0.258 e. The molecule has 1 aliphatic heterocycles. The number of nitrogens with zero attached hydrogens (tertiary/aromatic N) is 6. The van der Waals surface area contributed by atoms with Crippen LogP contribution in [0.4, 0.5) is 5.69 Å². The summed E-state index contributed by atoms with van der Waals surface area (Å²) in [6, 6.07) is 7.64. The van der Waals surface area contributed by atoms with Crippen molar-refractivity contribution in [1.29, 1.82) is 0 Å². The first-order valence-electron chi connectivity index (χ1n) is 10.9. The molecule has 164 valence electrons. The third-order valence-electron chi connectivity index (χ3n) is 6.39. The number of aromatic nitrogens is 4. The molecule has 0 saturated carbocycles. The highest BCUT2D eigenvalue weighted by Gasteiger charge is 2.26. The van der Waals surface area contributed by atoms with Crippen LogP contribution >= 0.6 is 0 Å². The minimum atomic E-state index is -0.0835. The summed E-state index contributed by atoms with van der Waals surface area (Å²) in [5, 5.41) is 0. The van der Waals surface area contributed by atoms with Crippen LogP contribution in [0.3, 0.4) is 0 Å². The zero-order chi connectivity index (χ0) is 22.6. The van der Waals surface area contributed by atoms with E-state index in [1.54, 1.807) is 10.5 Å². The Labute approximate surface area is 187 Å². The lowest BCUT2D eigenvalue weighted by Crippen LogP contribution is -2.24. The molecular weight excluding hydrogens is 400 g/mol. The second kappa shape index (κ2) is 7.51. The number of anilines is 1. The first-order valence-corrected chi connectivity index (χ1v) is 10.9. The van der Waals surface area contributed by atoms with Gasteiger partial charge in [-0.2, -0.15) is 0 Å². The second-order valence-electron chi connectivity index (χ2n) is 8.94. The number of aryl methyl sites for hydroxylation is 2. The van der Waals surface area contributed by atoms with Crippen LogP contribution in [0, 0.1) is 19.8 Å². The summed E-state index contributed by atoms with van der Waals surface area (Å²) in [5.74, 6) is 0.433. The Kier molecular flexibility index (Phi) is 4.77. The van der Waals surface area contributed by atoms with Crippen LogP contribution < -0.4 is 10.5 Å². The highest BCUT2D eigenvalue weighted by atomic mass is 16.1. The zero-order valence-corrected chi connectivity index (χ0v) is 19.0. The Morgan fingerprint density at radius 3 is 2.72 bits per heavy atom. The molecule has 1 atom stereocenters. The maximum atomic E-state index is 13.0. The normalized spacial score (nSPS) is 16.2. The summed E-state index contributed by atoms with van der Waals surface area (Å²) in [7, 11) is 4.08. The molecule has 1 fully saturated rings. The molecule has 4 aromatic rings. The topological polar surface area (TPSA) is 58.2 Å². The molecule has 7 nitrogen and oxygen atoms in total. The Morgan fingerprint density at radius 2 is 1.94 bits per heavy atom. The van der Waals surface area contributed by atoms with Crippen LogP contribution in [0.15, 0.2) is 59.9 Å². The van der Waals surface area contributed by atoms with Gasteiger partial charge in [-0.1, -0.05) is 6.58 Å². The summed E-state index contributed by atoms with van der Waals surface area (Å²) < 4.78 is 3.64. The monoisotopic (exact) mass is 428 g/mol. The largest absolute Gasteiger partial charge is 0.381 e.